The molecule has 0 rings (SSSR count). The molecular weight excluding hydrogens is 214 g/mol. The maximum Gasteiger partial charge on any atom is 0.320 e. The molecule has 0 radical (unpaired) electrons. The minimum Gasteiger partial charge on any atom is -0.480 e. The van der Waals surface area contributed by atoms with Crippen molar-refractivity contribution in [3.05, 3.63) is 0 Å². The van der Waals surface area contributed by atoms with Crippen LogP contribution in [0.4, 0.5) is 0 Å². The van der Waals surface area contributed by atoms with Crippen LogP contribution in [0, 0.1) is 0 Å². The molecule has 0 aromatic heterocycles. The highest BCUT2D eigenvalue weighted by atomic mass is 16.4. The molecule has 1 N–H and O–H groups in total. The van der Waals surface area contributed by atoms with Crippen molar-refractivity contribution in [2.45, 2.75) is 71.8 Å². The SMILES string of the molecule is CCCCCCCCC(C(=O)O)N(CC)CC. The fraction of sp³-hybridized carbons (Fsp3) is 0.929. The van der Waals surface area contributed by atoms with E-state index in [0.29, 0.717) is 0 Å². The second kappa shape index (κ2) is 10.6. The van der Waals surface area contributed by atoms with Crippen molar-refractivity contribution in [2.24, 2.45) is 0 Å². The lowest BCUT2D eigenvalue weighted by molar-refractivity contribution is -0.143. The van der Waals surface area contributed by atoms with E-state index in [-0.39, 0.29) is 6.04 Å². The lowest BCUT2D eigenvalue weighted by Gasteiger charge is -2.26. The van der Waals surface area contributed by atoms with Crippen LogP contribution < -0.4 is 0 Å². The van der Waals surface area contributed by atoms with Crippen LogP contribution >= 0.6 is 0 Å². The molecule has 17 heavy (non-hydrogen) atoms. The Kier molecular flexibility index (Phi) is 10.2. The summed E-state index contributed by atoms with van der Waals surface area (Å²) in [5, 5.41) is 9.20. The van der Waals surface area contributed by atoms with Gasteiger partial charge in [-0.25, -0.2) is 0 Å². The van der Waals surface area contributed by atoms with E-state index < -0.39 is 5.97 Å². The minimum atomic E-state index is -0.665. The third-order valence-corrected chi connectivity index (χ3v) is 3.37. The second-order valence-corrected chi connectivity index (χ2v) is 4.63. The lowest BCUT2D eigenvalue weighted by atomic mass is 10.0. The lowest BCUT2D eigenvalue weighted by Crippen LogP contribution is -2.40. The van der Waals surface area contributed by atoms with Crippen molar-refractivity contribution in [3.8, 4) is 0 Å². The maximum atomic E-state index is 11.2. The molecule has 0 fully saturated rings. The smallest absolute Gasteiger partial charge is 0.320 e. The molecule has 0 spiro atoms. The van der Waals surface area contributed by atoms with Gasteiger partial charge < -0.3 is 5.11 Å². The average Bonchev–Trinajstić information content (AvgIpc) is 2.32. The molecule has 0 heterocycles. The Hall–Kier alpha value is -0.570. The average molecular weight is 243 g/mol. The quantitative estimate of drug-likeness (QED) is 0.564. The highest BCUT2D eigenvalue weighted by Crippen LogP contribution is 2.12. The Balaban J connectivity index is 3.81. The molecular formula is C14H29NO2. The molecule has 1 atom stereocenters. The summed E-state index contributed by atoms with van der Waals surface area (Å²) in [7, 11) is 0. The van der Waals surface area contributed by atoms with Crippen molar-refractivity contribution < 1.29 is 9.90 Å². The summed E-state index contributed by atoms with van der Waals surface area (Å²) >= 11 is 0. The molecule has 0 aromatic carbocycles. The highest BCUT2D eigenvalue weighted by molar-refractivity contribution is 5.73. The standard InChI is InChI=1S/C14H29NO2/c1-4-7-8-9-10-11-12-13(14(16)17)15(5-2)6-3/h13H,4-12H2,1-3H3,(H,16,17). The molecule has 0 aromatic rings. The van der Waals surface area contributed by atoms with Gasteiger partial charge in [-0.05, 0) is 19.5 Å². The molecule has 0 aliphatic heterocycles. The number of hydrogen-bond acceptors (Lipinski definition) is 2. The number of unbranched alkanes of at least 4 members (excludes halogenated alkanes) is 5. The van der Waals surface area contributed by atoms with Gasteiger partial charge in [0.05, 0.1) is 0 Å². The van der Waals surface area contributed by atoms with E-state index in [0.717, 1.165) is 25.9 Å². The summed E-state index contributed by atoms with van der Waals surface area (Å²) in [5.74, 6) is -0.665. The Morgan fingerprint density at radius 2 is 1.53 bits per heavy atom. The van der Waals surface area contributed by atoms with Crippen LogP contribution in [0.5, 0.6) is 0 Å². The summed E-state index contributed by atoms with van der Waals surface area (Å²) in [5.41, 5.74) is 0. The van der Waals surface area contributed by atoms with E-state index in [4.69, 9.17) is 0 Å². The molecule has 3 heteroatoms. The van der Waals surface area contributed by atoms with Crippen molar-refractivity contribution >= 4 is 5.97 Å². The van der Waals surface area contributed by atoms with E-state index in [1.165, 1.54) is 32.1 Å². The van der Waals surface area contributed by atoms with Gasteiger partial charge >= 0.3 is 5.97 Å². The van der Waals surface area contributed by atoms with Gasteiger partial charge in [0.25, 0.3) is 0 Å². The van der Waals surface area contributed by atoms with Crippen LogP contribution in [0.15, 0.2) is 0 Å². The maximum absolute atomic E-state index is 11.2. The number of likely N-dealkylation sites (N-methyl/N-ethyl adjacent to an activating group) is 1. The normalized spacial score (nSPS) is 12.9. The summed E-state index contributed by atoms with van der Waals surface area (Å²) in [4.78, 5) is 13.2. The Morgan fingerprint density at radius 1 is 1.00 bits per heavy atom. The van der Waals surface area contributed by atoms with E-state index in [1.807, 2.05) is 18.7 Å². The van der Waals surface area contributed by atoms with Gasteiger partial charge in [-0.1, -0.05) is 59.3 Å². The molecule has 1 unspecified atom stereocenters. The molecule has 0 saturated heterocycles. The molecule has 102 valence electrons. The van der Waals surface area contributed by atoms with Gasteiger partial charge in [0.1, 0.15) is 6.04 Å². The Bertz CT molecular complexity index is 191. The molecule has 0 aliphatic carbocycles. The van der Waals surface area contributed by atoms with Crippen molar-refractivity contribution in [2.75, 3.05) is 13.1 Å². The summed E-state index contributed by atoms with van der Waals surface area (Å²) < 4.78 is 0. The minimum absolute atomic E-state index is 0.281. The fourth-order valence-corrected chi connectivity index (χ4v) is 2.24. The van der Waals surface area contributed by atoms with Gasteiger partial charge in [-0.2, -0.15) is 0 Å². The van der Waals surface area contributed by atoms with Crippen LogP contribution in [0.3, 0.4) is 0 Å². The molecule has 0 saturated carbocycles. The van der Waals surface area contributed by atoms with Gasteiger partial charge in [-0.15, -0.1) is 0 Å². The van der Waals surface area contributed by atoms with Crippen LogP contribution in [-0.2, 0) is 4.79 Å². The summed E-state index contributed by atoms with van der Waals surface area (Å²) in [6.45, 7) is 7.91. The Labute approximate surface area is 106 Å². The second-order valence-electron chi connectivity index (χ2n) is 4.63. The van der Waals surface area contributed by atoms with E-state index in [2.05, 4.69) is 6.92 Å². The van der Waals surface area contributed by atoms with Crippen LogP contribution in [-0.4, -0.2) is 35.1 Å². The van der Waals surface area contributed by atoms with Crippen molar-refractivity contribution in [3.63, 3.8) is 0 Å². The number of rotatable bonds is 11. The van der Waals surface area contributed by atoms with Gasteiger partial charge in [0, 0.05) is 0 Å². The predicted molar refractivity (Wildman–Crippen MR) is 72.3 cm³/mol. The largest absolute Gasteiger partial charge is 0.480 e. The van der Waals surface area contributed by atoms with Crippen molar-refractivity contribution in [1.29, 1.82) is 0 Å². The van der Waals surface area contributed by atoms with Gasteiger partial charge in [0.2, 0.25) is 0 Å². The van der Waals surface area contributed by atoms with E-state index >= 15 is 0 Å². The molecule has 0 bridgehead atoms. The predicted octanol–water partition coefficient (Wildman–Crippen LogP) is 3.53. The van der Waals surface area contributed by atoms with Crippen LogP contribution in [0.2, 0.25) is 0 Å². The summed E-state index contributed by atoms with van der Waals surface area (Å²) in [6, 6.07) is -0.281. The van der Waals surface area contributed by atoms with E-state index in [1.54, 1.807) is 0 Å². The summed E-state index contributed by atoms with van der Waals surface area (Å²) in [6.07, 6.45) is 8.11. The topological polar surface area (TPSA) is 40.5 Å². The molecule has 0 amide bonds. The fourth-order valence-electron chi connectivity index (χ4n) is 2.24. The van der Waals surface area contributed by atoms with Crippen LogP contribution in [0.1, 0.15) is 65.7 Å². The number of carboxylic acids is 1. The first-order valence-electron chi connectivity index (χ1n) is 7.14. The number of nitrogens with zero attached hydrogens (tertiary/aromatic N) is 1. The third-order valence-electron chi connectivity index (χ3n) is 3.37. The zero-order valence-corrected chi connectivity index (χ0v) is 11.7. The van der Waals surface area contributed by atoms with Crippen LogP contribution in [0.25, 0.3) is 0 Å². The van der Waals surface area contributed by atoms with Gasteiger partial charge in [0.15, 0.2) is 0 Å². The van der Waals surface area contributed by atoms with E-state index in [9.17, 15) is 9.90 Å². The zero-order valence-electron chi connectivity index (χ0n) is 11.7. The van der Waals surface area contributed by atoms with Crippen molar-refractivity contribution in [1.82, 2.24) is 4.90 Å². The first-order chi connectivity index (χ1) is 8.17. The monoisotopic (exact) mass is 243 g/mol. The molecule has 0 aliphatic rings. The molecule has 3 nitrogen and oxygen atoms in total. The zero-order chi connectivity index (χ0) is 13.1. The number of carboxylic acid groups (broad SMARTS) is 1. The number of aliphatic carboxylic acids is 1. The van der Waals surface area contributed by atoms with Gasteiger partial charge in [-0.3, -0.25) is 9.69 Å². The first-order valence-corrected chi connectivity index (χ1v) is 7.14. The number of hydrogen-bond donors (Lipinski definition) is 1. The highest BCUT2D eigenvalue weighted by Gasteiger charge is 2.22. The third kappa shape index (κ3) is 7.37. The Morgan fingerprint density at radius 3 is 2.00 bits per heavy atom. The number of carbonyl (C=O) groups is 1. The first kappa shape index (κ1) is 16.4.